The molecule has 1 aliphatic rings. The van der Waals surface area contributed by atoms with Crippen molar-refractivity contribution in [2.45, 2.75) is 26.4 Å². The molecule has 0 N–H and O–H groups in total. The molecule has 0 radical (unpaired) electrons. The zero-order valence-corrected chi connectivity index (χ0v) is 8.02. The van der Waals surface area contributed by atoms with Crippen LogP contribution >= 0.6 is 11.3 Å². The minimum Gasteiger partial charge on any atom is -0.392 e. The van der Waals surface area contributed by atoms with Crippen LogP contribution in [0.2, 0.25) is 0 Å². The SMILES string of the molecule is Cc1ccsc1C1=NO[C@@H](C)C1. The van der Waals surface area contributed by atoms with Crippen LogP contribution in [0.5, 0.6) is 0 Å². The number of aryl methyl sites for hydroxylation is 1. The van der Waals surface area contributed by atoms with Crippen molar-refractivity contribution in [3.8, 4) is 0 Å². The van der Waals surface area contributed by atoms with E-state index in [-0.39, 0.29) is 6.10 Å². The Bertz CT molecular complexity index is 316. The van der Waals surface area contributed by atoms with Crippen LogP contribution in [0.3, 0.4) is 0 Å². The highest BCUT2D eigenvalue weighted by molar-refractivity contribution is 7.12. The fourth-order valence-corrected chi connectivity index (χ4v) is 2.22. The van der Waals surface area contributed by atoms with Crippen molar-refractivity contribution < 1.29 is 4.84 Å². The number of hydrogen-bond donors (Lipinski definition) is 0. The predicted molar refractivity (Wildman–Crippen MR) is 50.8 cm³/mol. The molecule has 0 amide bonds. The molecule has 2 nitrogen and oxygen atoms in total. The van der Waals surface area contributed by atoms with Gasteiger partial charge in [0, 0.05) is 6.42 Å². The molecule has 0 bridgehead atoms. The van der Waals surface area contributed by atoms with Gasteiger partial charge in [-0.25, -0.2) is 0 Å². The van der Waals surface area contributed by atoms with E-state index < -0.39 is 0 Å². The standard InChI is InChI=1S/C9H11NOS/c1-6-3-4-12-9(6)8-5-7(2)11-10-8/h3-4,7H,5H2,1-2H3/t7-/m0/s1. The first kappa shape index (κ1) is 7.80. The van der Waals surface area contributed by atoms with E-state index in [1.165, 1.54) is 10.4 Å². The van der Waals surface area contributed by atoms with Gasteiger partial charge < -0.3 is 4.84 Å². The lowest BCUT2D eigenvalue weighted by Crippen LogP contribution is -2.02. The monoisotopic (exact) mass is 181 g/mol. The molecule has 0 fully saturated rings. The molecule has 0 saturated carbocycles. The molecule has 0 aromatic carbocycles. The molecule has 1 aliphatic heterocycles. The molecule has 64 valence electrons. The van der Waals surface area contributed by atoms with Crippen molar-refractivity contribution in [1.82, 2.24) is 0 Å². The van der Waals surface area contributed by atoms with Crippen LogP contribution < -0.4 is 0 Å². The largest absolute Gasteiger partial charge is 0.392 e. The summed E-state index contributed by atoms with van der Waals surface area (Å²) in [6.07, 6.45) is 1.20. The lowest BCUT2D eigenvalue weighted by Gasteiger charge is -1.96. The molecule has 0 spiro atoms. The van der Waals surface area contributed by atoms with Crippen molar-refractivity contribution in [3.63, 3.8) is 0 Å². The van der Waals surface area contributed by atoms with E-state index in [1.807, 2.05) is 6.92 Å². The summed E-state index contributed by atoms with van der Waals surface area (Å²) < 4.78 is 0. The van der Waals surface area contributed by atoms with Gasteiger partial charge in [-0.2, -0.15) is 0 Å². The van der Waals surface area contributed by atoms with E-state index in [9.17, 15) is 0 Å². The Labute approximate surface area is 75.9 Å². The molecule has 1 aromatic heterocycles. The maximum atomic E-state index is 5.14. The zero-order chi connectivity index (χ0) is 8.55. The van der Waals surface area contributed by atoms with Gasteiger partial charge in [0.2, 0.25) is 0 Å². The predicted octanol–water partition coefficient (Wildman–Crippen LogP) is 2.57. The quantitative estimate of drug-likeness (QED) is 0.652. The van der Waals surface area contributed by atoms with Gasteiger partial charge in [0.1, 0.15) is 11.8 Å². The van der Waals surface area contributed by atoms with Gasteiger partial charge in [0.05, 0.1) is 4.88 Å². The lowest BCUT2D eigenvalue weighted by molar-refractivity contribution is 0.0995. The number of nitrogens with zero attached hydrogens (tertiary/aromatic N) is 1. The van der Waals surface area contributed by atoms with Gasteiger partial charge in [-0.15, -0.1) is 11.3 Å². The van der Waals surface area contributed by atoms with E-state index in [0.717, 1.165) is 12.1 Å². The number of hydrogen-bond acceptors (Lipinski definition) is 3. The second kappa shape index (κ2) is 2.90. The molecule has 0 unspecified atom stereocenters. The normalized spacial score (nSPS) is 22.2. The highest BCUT2D eigenvalue weighted by Gasteiger charge is 2.19. The second-order valence-corrected chi connectivity index (χ2v) is 4.01. The van der Waals surface area contributed by atoms with Gasteiger partial charge in [-0.3, -0.25) is 0 Å². The second-order valence-electron chi connectivity index (χ2n) is 3.09. The lowest BCUT2D eigenvalue weighted by atomic mass is 10.1. The van der Waals surface area contributed by atoms with Crippen LogP contribution in [0.15, 0.2) is 16.6 Å². The third kappa shape index (κ3) is 1.25. The van der Waals surface area contributed by atoms with Gasteiger partial charge >= 0.3 is 0 Å². The minimum absolute atomic E-state index is 0.251. The van der Waals surface area contributed by atoms with Crippen LogP contribution in [-0.4, -0.2) is 11.8 Å². The Kier molecular flexibility index (Phi) is 1.89. The van der Waals surface area contributed by atoms with E-state index in [0.29, 0.717) is 0 Å². The van der Waals surface area contributed by atoms with Crippen molar-refractivity contribution in [1.29, 1.82) is 0 Å². The Hall–Kier alpha value is -0.830. The van der Waals surface area contributed by atoms with Crippen molar-refractivity contribution in [2.75, 3.05) is 0 Å². The topological polar surface area (TPSA) is 21.6 Å². The van der Waals surface area contributed by atoms with Crippen LogP contribution in [0.4, 0.5) is 0 Å². The van der Waals surface area contributed by atoms with Crippen molar-refractivity contribution >= 4 is 17.0 Å². The Balaban J connectivity index is 2.27. The summed E-state index contributed by atoms with van der Waals surface area (Å²) in [5, 5.41) is 6.14. The summed E-state index contributed by atoms with van der Waals surface area (Å²) >= 11 is 1.74. The van der Waals surface area contributed by atoms with Gasteiger partial charge in [-0.05, 0) is 30.9 Å². The third-order valence-corrected chi connectivity index (χ3v) is 3.01. The van der Waals surface area contributed by atoms with Crippen molar-refractivity contribution in [3.05, 3.63) is 21.9 Å². The van der Waals surface area contributed by atoms with Crippen LogP contribution in [0.25, 0.3) is 0 Å². The molecule has 2 heterocycles. The zero-order valence-electron chi connectivity index (χ0n) is 7.20. The first-order chi connectivity index (χ1) is 5.77. The summed E-state index contributed by atoms with van der Waals surface area (Å²) in [7, 11) is 0. The third-order valence-electron chi connectivity index (χ3n) is 1.95. The molecule has 3 heteroatoms. The molecule has 12 heavy (non-hydrogen) atoms. The minimum atomic E-state index is 0.251. The summed E-state index contributed by atoms with van der Waals surface area (Å²) in [5.41, 5.74) is 2.41. The van der Waals surface area contributed by atoms with Crippen LogP contribution in [0.1, 0.15) is 23.8 Å². The van der Waals surface area contributed by atoms with E-state index in [2.05, 4.69) is 23.5 Å². The Morgan fingerprint density at radius 1 is 1.67 bits per heavy atom. The highest BCUT2D eigenvalue weighted by atomic mass is 32.1. The number of oxime groups is 1. The summed E-state index contributed by atoms with van der Waals surface area (Å²) in [4.78, 5) is 6.42. The Morgan fingerprint density at radius 2 is 2.50 bits per heavy atom. The first-order valence-electron chi connectivity index (χ1n) is 4.04. The van der Waals surface area contributed by atoms with Crippen LogP contribution in [0, 0.1) is 6.92 Å². The van der Waals surface area contributed by atoms with Gasteiger partial charge in [-0.1, -0.05) is 5.16 Å². The average Bonchev–Trinajstić information content (AvgIpc) is 2.58. The fraction of sp³-hybridized carbons (Fsp3) is 0.444. The average molecular weight is 181 g/mol. The molecular weight excluding hydrogens is 170 g/mol. The van der Waals surface area contributed by atoms with Crippen molar-refractivity contribution in [2.24, 2.45) is 5.16 Å². The molecule has 2 rings (SSSR count). The fourth-order valence-electron chi connectivity index (χ4n) is 1.30. The maximum absolute atomic E-state index is 5.14. The first-order valence-corrected chi connectivity index (χ1v) is 4.92. The van der Waals surface area contributed by atoms with Gasteiger partial charge in [0.15, 0.2) is 0 Å². The summed E-state index contributed by atoms with van der Waals surface area (Å²) in [6.45, 7) is 4.15. The maximum Gasteiger partial charge on any atom is 0.130 e. The van der Waals surface area contributed by atoms with E-state index in [1.54, 1.807) is 11.3 Å². The number of rotatable bonds is 1. The smallest absolute Gasteiger partial charge is 0.130 e. The van der Waals surface area contributed by atoms with E-state index in [4.69, 9.17) is 4.84 Å². The van der Waals surface area contributed by atoms with Crippen LogP contribution in [-0.2, 0) is 4.84 Å². The molecule has 0 aliphatic carbocycles. The molecular formula is C9H11NOS. The van der Waals surface area contributed by atoms with E-state index >= 15 is 0 Å². The summed E-state index contributed by atoms with van der Waals surface area (Å²) in [6, 6.07) is 2.12. The summed E-state index contributed by atoms with van der Waals surface area (Å²) in [5.74, 6) is 0. The van der Waals surface area contributed by atoms with Gasteiger partial charge in [0.25, 0.3) is 0 Å². The Morgan fingerprint density at radius 3 is 3.00 bits per heavy atom. The molecule has 1 aromatic rings. The molecule has 1 atom stereocenters. The number of thiophene rings is 1. The highest BCUT2D eigenvalue weighted by Crippen LogP contribution is 2.23. The molecule has 0 saturated heterocycles.